The molecule has 0 bridgehead atoms. The summed E-state index contributed by atoms with van der Waals surface area (Å²) in [5.74, 6) is -0.0508. The maximum Gasteiger partial charge on any atom is 0.314 e. The lowest BCUT2D eigenvalue weighted by atomic mass is 10.2. The summed E-state index contributed by atoms with van der Waals surface area (Å²) in [5, 5.41) is 2.43. The molecule has 1 aromatic carbocycles. The summed E-state index contributed by atoms with van der Waals surface area (Å²) in [7, 11) is 0. The van der Waals surface area contributed by atoms with Crippen molar-refractivity contribution in [2.45, 2.75) is 0 Å². The first kappa shape index (κ1) is 8.12. The van der Waals surface area contributed by atoms with Gasteiger partial charge in [0.25, 0.3) is 0 Å². The minimum atomic E-state index is -0.359. The molecule has 0 amide bonds. The average Bonchev–Trinajstić information content (AvgIpc) is 2.53. The number of aromatic amines is 1. The van der Waals surface area contributed by atoms with Crippen molar-refractivity contribution in [1.82, 2.24) is 10.1 Å². The first-order valence-electron chi connectivity index (χ1n) is 3.58. The largest absolute Gasteiger partial charge is 0.348 e. The van der Waals surface area contributed by atoms with Gasteiger partial charge in [-0.1, -0.05) is 12.1 Å². The second kappa shape index (κ2) is 3.10. The van der Waals surface area contributed by atoms with Gasteiger partial charge in [0.1, 0.15) is 5.82 Å². The molecular formula is C8H5FN2OS. The van der Waals surface area contributed by atoms with Gasteiger partial charge >= 0.3 is 4.84 Å². The van der Waals surface area contributed by atoms with E-state index in [-0.39, 0.29) is 10.7 Å². The van der Waals surface area contributed by atoms with Gasteiger partial charge in [0.15, 0.2) is 5.82 Å². The quantitative estimate of drug-likeness (QED) is 0.712. The molecule has 0 aliphatic heterocycles. The fourth-order valence-electron chi connectivity index (χ4n) is 0.997. The van der Waals surface area contributed by atoms with E-state index in [4.69, 9.17) is 0 Å². The second-order valence-electron chi connectivity index (χ2n) is 2.41. The molecule has 0 aliphatic carbocycles. The molecule has 0 radical (unpaired) electrons. The van der Waals surface area contributed by atoms with E-state index in [2.05, 4.69) is 26.9 Å². The molecule has 1 N–H and O–H groups in total. The number of H-pyrrole nitrogens is 1. The van der Waals surface area contributed by atoms with Crippen molar-refractivity contribution in [1.29, 1.82) is 0 Å². The molecular weight excluding hydrogens is 191 g/mol. The molecule has 0 saturated heterocycles. The Morgan fingerprint density at radius 2 is 2.15 bits per heavy atom. The Bertz CT molecular complexity index is 477. The highest BCUT2D eigenvalue weighted by Gasteiger charge is 2.06. The van der Waals surface area contributed by atoms with Crippen LogP contribution >= 0.6 is 12.2 Å². The lowest BCUT2D eigenvalue weighted by Crippen LogP contribution is -1.84. The molecule has 0 spiro atoms. The van der Waals surface area contributed by atoms with Crippen molar-refractivity contribution in [3.8, 4) is 11.4 Å². The Morgan fingerprint density at radius 3 is 2.77 bits per heavy atom. The van der Waals surface area contributed by atoms with Crippen LogP contribution in [0, 0.1) is 10.7 Å². The van der Waals surface area contributed by atoms with E-state index < -0.39 is 0 Å². The molecule has 2 aromatic rings. The van der Waals surface area contributed by atoms with Crippen molar-refractivity contribution in [3.05, 3.63) is 34.9 Å². The summed E-state index contributed by atoms with van der Waals surface area (Å²) in [5.41, 5.74) is 0.349. The molecule has 0 unspecified atom stereocenters. The number of hydrogen-bond donors (Lipinski definition) is 1. The van der Waals surface area contributed by atoms with Gasteiger partial charge in [-0.3, -0.25) is 0 Å². The van der Waals surface area contributed by atoms with E-state index >= 15 is 0 Å². The molecule has 66 valence electrons. The van der Waals surface area contributed by atoms with Crippen LogP contribution < -0.4 is 0 Å². The Morgan fingerprint density at radius 1 is 1.38 bits per heavy atom. The summed E-state index contributed by atoms with van der Waals surface area (Å²) >= 11 is 4.64. The number of rotatable bonds is 1. The van der Waals surface area contributed by atoms with Crippen LogP contribution in [0.2, 0.25) is 0 Å². The fraction of sp³-hybridized carbons (Fsp3) is 0. The standard InChI is InChI=1S/C8H5FN2OS/c9-6-4-2-1-3-5(6)7-10-8(13)12-11-7/h1-4H,(H,10,11,13). The van der Waals surface area contributed by atoms with E-state index in [1.54, 1.807) is 18.2 Å². The maximum absolute atomic E-state index is 13.1. The van der Waals surface area contributed by atoms with Crippen LogP contribution in [0.1, 0.15) is 0 Å². The number of hydrogen-bond acceptors (Lipinski definition) is 3. The van der Waals surface area contributed by atoms with Gasteiger partial charge < -0.3 is 4.52 Å². The van der Waals surface area contributed by atoms with Crippen LogP contribution in [0.25, 0.3) is 11.4 Å². The Balaban J connectivity index is 2.58. The zero-order valence-electron chi connectivity index (χ0n) is 6.45. The van der Waals surface area contributed by atoms with Crippen LogP contribution in [0.4, 0.5) is 4.39 Å². The Labute approximate surface area is 78.2 Å². The van der Waals surface area contributed by atoms with Crippen molar-refractivity contribution >= 4 is 12.2 Å². The Hall–Kier alpha value is -1.49. The van der Waals surface area contributed by atoms with Gasteiger partial charge in [-0.25, -0.2) is 9.55 Å². The van der Waals surface area contributed by atoms with E-state index in [1.807, 2.05) is 0 Å². The zero-order valence-corrected chi connectivity index (χ0v) is 7.27. The third-order valence-electron chi connectivity index (χ3n) is 1.57. The first-order chi connectivity index (χ1) is 6.27. The highest BCUT2D eigenvalue weighted by atomic mass is 32.1. The van der Waals surface area contributed by atoms with Crippen molar-refractivity contribution in [2.75, 3.05) is 0 Å². The van der Waals surface area contributed by atoms with Crippen molar-refractivity contribution in [2.24, 2.45) is 0 Å². The predicted octanol–water partition coefficient (Wildman–Crippen LogP) is 2.54. The van der Waals surface area contributed by atoms with Crippen LogP contribution in [-0.2, 0) is 0 Å². The average molecular weight is 196 g/mol. The molecule has 0 aliphatic rings. The SMILES string of the molecule is Fc1ccccc1-c1nc(=S)o[nH]1. The van der Waals surface area contributed by atoms with E-state index in [9.17, 15) is 4.39 Å². The van der Waals surface area contributed by atoms with Gasteiger partial charge in [0.2, 0.25) is 0 Å². The van der Waals surface area contributed by atoms with Crippen molar-refractivity contribution < 1.29 is 8.91 Å². The first-order valence-corrected chi connectivity index (χ1v) is 3.98. The monoisotopic (exact) mass is 196 g/mol. The van der Waals surface area contributed by atoms with Gasteiger partial charge in [-0.15, -0.1) is 0 Å². The molecule has 2 rings (SSSR count). The molecule has 13 heavy (non-hydrogen) atoms. The lowest BCUT2D eigenvalue weighted by molar-refractivity contribution is 0.406. The topological polar surface area (TPSA) is 41.8 Å². The fourth-order valence-corrected chi connectivity index (χ4v) is 1.13. The van der Waals surface area contributed by atoms with Crippen LogP contribution in [0.5, 0.6) is 0 Å². The van der Waals surface area contributed by atoms with E-state index in [0.29, 0.717) is 11.4 Å². The Kier molecular flexibility index (Phi) is 1.94. The number of nitrogens with zero attached hydrogens (tertiary/aromatic N) is 1. The molecule has 0 saturated carbocycles. The highest BCUT2D eigenvalue weighted by molar-refractivity contribution is 7.71. The normalized spacial score (nSPS) is 10.2. The molecule has 0 fully saturated rings. The summed E-state index contributed by atoms with van der Waals surface area (Å²) in [6, 6.07) is 6.26. The lowest BCUT2D eigenvalue weighted by Gasteiger charge is -1.95. The minimum Gasteiger partial charge on any atom is -0.348 e. The zero-order chi connectivity index (χ0) is 9.26. The number of halogens is 1. The van der Waals surface area contributed by atoms with E-state index in [0.717, 1.165) is 0 Å². The second-order valence-corrected chi connectivity index (χ2v) is 2.76. The van der Waals surface area contributed by atoms with Gasteiger partial charge in [-0.2, -0.15) is 4.98 Å². The number of benzene rings is 1. The predicted molar refractivity (Wildman–Crippen MR) is 47.1 cm³/mol. The van der Waals surface area contributed by atoms with E-state index in [1.165, 1.54) is 6.07 Å². The van der Waals surface area contributed by atoms with Crippen LogP contribution in [0.15, 0.2) is 28.8 Å². The van der Waals surface area contributed by atoms with Gasteiger partial charge in [-0.05, 0) is 24.4 Å². The van der Waals surface area contributed by atoms with Gasteiger partial charge in [0, 0.05) is 0 Å². The maximum atomic E-state index is 13.1. The summed E-state index contributed by atoms with van der Waals surface area (Å²) in [4.78, 5) is 3.86. The highest BCUT2D eigenvalue weighted by Crippen LogP contribution is 2.17. The van der Waals surface area contributed by atoms with Crippen LogP contribution in [0.3, 0.4) is 0 Å². The molecule has 1 heterocycles. The summed E-state index contributed by atoms with van der Waals surface area (Å²) in [6.07, 6.45) is 0. The number of nitrogens with one attached hydrogen (secondary N) is 1. The van der Waals surface area contributed by atoms with Crippen molar-refractivity contribution in [3.63, 3.8) is 0 Å². The third-order valence-corrected chi connectivity index (χ3v) is 1.74. The summed E-state index contributed by atoms with van der Waals surface area (Å²) in [6.45, 7) is 0. The minimum absolute atomic E-state index is 0.0678. The number of aromatic nitrogens is 2. The molecule has 3 nitrogen and oxygen atoms in total. The summed E-state index contributed by atoms with van der Waals surface area (Å²) < 4.78 is 17.8. The molecule has 0 atom stereocenters. The molecule has 5 heteroatoms. The van der Waals surface area contributed by atoms with Gasteiger partial charge in [0.05, 0.1) is 5.56 Å². The molecule has 1 aromatic heterocycles. The van der Waals surface area contributed by atoms with Crippen LogP contribution in [-0.4, -0.2) is 10.1 Å². The third kappa shape index (κ3) is 1.50. The smallest absolute Gasteiger partial charge is 0.314 e.